The number of carbonyl (C=O) groups excluding carboxylic acids is 2. The molecule has 2 aromatic carbocycles. The number of aryl methyl sites for hydroxylation is 1. The van der Waals surface area contributed by atoms with Gasteiger partial charge in [0.25, 0.3) is 5.56 Å². The summed E-state index contributed by atoms with van der Waals surface area (Å²) in [6.07, 6.45) is -4.19. The van der Waals surface area contributed by atoms with E-state index >= 15 is 0 Å². The van der Waals surface area contributed by atoms with E-state index in [1.807, 2.05) is 0 Å². The van der Waals surface area contributed by atoms with Gasteiger partial charge in [-0.15, -0.1) is 0 Å². The van der Waals surface area contributed by atoms with Crippen molar-refractivity contribution < 1.29 is 32.2 Å². The first-order valence-corrected chi connectivity index (χ1v) is 12.6. The van der Waals surface area contributed by atoms with Gasteiger partial charge in [0.1, 0.15) is 0 Å². The molecule has 0 bridgehead atoms. The average molecular weight is 628 g/mol. The molecule has 7 nitrogen and oxygen atoms in total. The number of hydrogen-bond donors (Lipinski definition) is 0. The highest BCUT2D eigenvalue weighted by molar-refractivity contribution is 6.38. The van der Waals surface area contributed by atoms with Crippen molar-refractivity contribution in [2.24, 2.45) is 0 Å². The van der Waals surface area contributed by atoms with Gasteiger partial charge >= 0.3 is 18.1 Å². The van der Waals surface area contributed by atoms with E-state index in [2.05, 4.69) is 5.10 Å². The molecule has 1 heterocycles. The number of rotatable bonds is 5. The van der Waals surface area contributed by atoms with Crippen LogP contribution >= 0.6 is 46.4 Å². The van der Waals surface area contributed by atoms with Crippen molar-refractivity contribution in [3.63, 3.8) is 0 Å². The van der Waals surface area contributed by atoms with Crippen molar-refractivity contribution >= 4 is 58.3 Å². The summed E-state index contributed by atoms with van der Waals surface area (Å²) in [5.41, 5.74) is -1.73. The second kappa shape index (κ2) is 13.5. The van der Waals surface area contributed by atoms with Gasteiger partial charge in [-0.05, 0) is 57.5 Å². The maximum atomic E-state index is 12.9. The van der Waals surface area contributed by atoms with Crippen LogP contribution in [-0.2, 0) is 15.7 Å². The zero-order chi connectivity index (χ0) is 29.7. The molecule has 3 aromatic rings. The van der Waals surface area contributed by atoms with Gasteiger partial charge in [-0.25, -0.2) is 9.59 Å². The fourth-order valence-corrected chi connectivity index (χ4v) is 4.08. The van der Waals surface area contributed by atoms with Crippen LogP contribution in [0.2, 0.25) is 20.1 Å². The number of halogens is 7. The van der Waals surface area contributed by atoms with Crippen molar-refractivity contribution in [2.45, 2.75) is 33.9 Å². The molecule has 0 atom stereocenters. The molecule has 0 spiro atoms. The summed E-state index contributed by atoms with van der Waals surface area (Å²) >= 11 is 23.6. The monoisotopic (exact) mass is 626 g/mol. The van der Waals surface area contributed by atoms with Gasteiger partial charge in [-0.2, -0.15) is 23.0 Å². The van der Waals surface area contributed by atoms with Gasteiger partial charge in [-0.3, -0.25) is 4.79 Å². The van der Waals surface area contributed by atoms with Gasteiger partial charge in [0.05, 0.1) is 56.9 Å². The zero-order valence-electron chi connectivity index (χ0n) is 20.9. The number of nitrogens with zero attached hydrogens (tertiary/aromatic N) is 2. The lowest BCUT2D eigenvalue weighted by molar-refractivity contribution is -0.138. The summed E-state index contributed by atoms with van der Waals surface area (Å²) in [6, 6.07) is 5.50. The molecule has 0 amide bonds. The molecule has 14 heteroatoms. The van der Waals surface area contributed by atoms with Crippen LogP contribution in [0.1, 0.15) is 51.3 Å². The molecule has 1 aromatic heterocycles. The minimum atomic E-state index is -4.71. The normalized spacial score (nSPS) is 10.9. The highest BCUT2D eigenvalue weighted by Crippen LogP contribution is 2.31. The van der Waals surface area contributed by atoms with Gasteiger partial charge in [0, 0.05) is 10.6 Å². The molecule has 0 fully saturated rings. The number of carbonyl (C=O) groups is 2. The summed E-state index contributed by atoms with van der Waals surface area (Å²) in [5, 5.41) is 4.29. The van der Waals surface area contributed by atoms with E-state index in [0.717, 1.165) is 18.6 Å². The van der Waals surface area contributed by atoms with Crippen LogP contribution in [0.5, 0.6) is 0 Å². The van der Waals surface area contributed by atoms with Crippen LogP contribution in [0, 0.1) is 13.8 Å². The topological polar surface area (TPSA) is 87.5 Å². The van der Waals surface area contributed by atoms with E-state index in [1.165, 1.54) is 6.07 Å². The van der Waals surface area contributed by atoms with Crippen molar-refractivity contribution in [3.8, 4) is 5.69 Å². The lowest BCUT2D eigenvalue weighted by Crippen LogP contribution is -2.27. The van der Waals surface area contributed by atoms with Crippen LogP contribution in [0.4, 0.5) is 13.2 Å². The summed E-state index contributed by atoms with van der Waals surface area (Å²) in [5.74, 6) is -1.18. The Morgan fingerprint density at radius 3 is 1.82 bits per heavy atom. The Kier molecular flexibility index (Phi) is 11.2. The van der Waals surface area contributed by atoms with Crippen LogP contribution in [0.15, 0.2) is 35.3 Å². The number of aromatic nitrogens is 2. The fraction of sp³-hybridized carbons (Fsp3) is 0.280. The molecular weight excluding hydrogens is 607 g/mol. The average Bonchev–Trinajstić information content (AvgIpc) is 2.83. The molecule has 0 unspecified atom stereocenters. The minimum Gasteiger partial charge on any atom is -0.462 e. The van der Waals surface area contributed by atoms with E-state index in [-0.39, 0.29) is 27.9 Å². The number of alkyl halides is 3. The molecule has 0 saturated heterocycles. The Morgan fingerprint density at radius 1 is 0.846 bits per heavy atom. The Morgan fingerprint density at radius 2 is 1.33 bits per heavy atom. The highest BCUT2D eigenvalue weighted by atomic mass is 35.5. The standard InChI is InChI=1S/C15H11Cl2F3N2O3.C10H10Cl2O2/c1-3-25-14(24)8-4-12(11(17)5-10(8)16)22-13(23)7(2)9(6-21-22)15(18,19)20;1-3-14-10(13)7-4-6(2)8(11)5-9(7)12/h4-6H,3H2,1-2H3;4-5H,3H2,1-2H3. The second-order valence-corrected chi connectivity index (χ2v) is 9.33. The van der Waals surface area contributed by atoms with E-state index in [9.17, 15) is 27.6 Å². The van der Waals surface area contributed by atoms with Crippen molar-refractivity contribution in [3.05, 3.63) is 88.7 Å². The predicted octanol–water partition coefficient (Wildman–Crippen LogP) is 7.52. The van der Waals surface area contributed by atoms with E-state index in [4.69, 9.17) is 55.9 Å². The minimum absolute atomic E-state index is 0.0242. The summed E-state index contributed by atoms with van der Waals surface area (Å²) in [7, 11) is 0. The third-order valence-corrected chi connectivity index (χ3v) is 6.36. The van der Waals surface area contributed by atoms with Crippen molar-refractivity contribution in [2.75, 3.05) is 13.2 Å². The number of esters is 2. The van der Waals surface area contributed by atoms with Crippen molar-refractivity contribution in [1.82, 2.24) is 9.78 Å². The molecular formula is C25H21Cl4F3N2O5. The first-order valence-electron chi connectivity index (χ1n) is 11.1. The number of hydrogen-bond acceptors (Lipinski definition) is 6. The smallest absolute Gasteiger partial charge is 0.418 e. The Balaban J connectivity index is 0.000000322. The molecule has 0 aliphatic rings. The van der Waals surface area contributed by atoms with Gasteiger partial charge in [-0.1, -0.05) is 46.4 Å². The molecule has 0 aliphatic carbocycles. The third kappa shape index (κ3) is 7.88. The highest BCUT2D eigenvalue weighted by Gasteiger charge is 2.34. The fourth-order valence-electron chi connectivity index (χ4n) is 3.08. The maximum Gasteiger partial charge on any atom is 0.418 e. The lowest BCUT2D eigenvalue weighted by Gasteiger charge is -2.14. The molecule has 210 valence electrons. The Bertz CT molecular complexity index is 1460. The van der Waals surface area contributed by atoms with Crippen molar-refractivity contribution in [1.29, 1.82) is 0 Å². The second-order valence-electron chi connectivity index (χ2n) is 7.70. The molecule has 0 radical (unpaired) electrons. The van der Waals surface area contributed by atoms with Crippen LogP contribution in [0.3, 0.4) is 0 Å². The van der Waals surface area contributed by atoms with Crippen LogP contribution in [0.25, 0.3) is 5.69 Å². The van der Waals surface area contributed by atoms with Gasteiger partial charge in [0.15, 0.2) is 0 Å². The molecule has 3 rings (SSSR count). The molecule has 0 aliphatic heterocycles. The Hall–Kier alpha value is -2.79. The summed E-state index contributed by atoms with van der Waals surface area (Å²) in [6.45, 7) is 6.59. The number of ether oxygens (including phenoxy) is 2. The van der Waals surface area contributed by atoms with Crippen LogP contribution < -0.4 is 5.56 Å². The van der Waals surface area contributed by atoms with Crippen LogP contribution in [-0.4, -0.2) is 34.9 Å². The molecule has 39 heavy (non-hydrogen) atoms. The molecule has 0 saturated carbocycles. The Labute approximate surface area is 241 Å². The first kappa shape index (κ1) is 32.4. The van der Waals surface area contributed by atoms with Gasteiger partial charge in [0.2, 0.25) is 0 Å². The largest absolute Gasteiger partial charge is 0.462 e. The SMILES string of the molecule is CCOC(=O)c1cc(-n2ncc(C(F)(F)F)c(C)c2=O)c(Cl)cc1Cl.CCOC(=O)c1cc(C)c(Cl)cc1Cl. The third-order valence-electron chi connectivity index (χ3n) is 5.03. The summed E-state index contributed by atoms with van der Waals surface area (Å²) in [4.78, 5) is 35.5. The first-order chi connectivity index (χ1) is 18.1. The van der Waals surface area contributed by atoms with E-state index < -0.39 is 34.8 Å². The summed E-state index contributed by atoms with van der Waals surface area (Å²) < 4.78 is 48.9. The van der Waals surface area contributed by atoms with E-state index in [1.54, 1.807) is 32.9 Å². The maximum absolute atomic E-state index is 12.9. The number of benzene rings is 2. The van der Waals surface area contributed by atoms with Gasteiger partial charge < -0.3 is 9.47 Å². The quantitative estimate of drug-likeness (QED) is 0.272. The zero-order valence-corrected chi connectivity index (χ0v) is 23.9. The lowest BCUT2D eigenvalue weighted by atomic mass is 10.1. The van der Waals surface area contributed by atoms with E-state index in [0.29, 0.717) is 33.1 Å². The predicted molar refractivity (Wildman–Crippen MR) is 143 cm³/mol. The molecule has 0 N–H and O–H groups in total.